The Balaban J connectivity index is 2.19. The van der Waals surface area contributed by atoms with Crippen LogP contribution in [0.2, 0.25) is 0 Å². The van der Waals surface area contributed by atoms with Gasteiger partial charge in [-0.05, 0) is 25.2 Å². The van der Waals surface area contributed by atoms with Crippen molar-refractivity contribution in [3.05, 3.63) is 0 Å². The highest BCUT2D eigenvalue weighted by atomic mass is 16.3. The van der Waals surface area contributed by atoms with E-state index < -0.39 is 0 Å². The van der Waals surface area contributed by atoms with Crippen molar-refractivity contribution in [3.8, 4) is 0 Å². The van der Waals surface area contributed by atoms with Gasteiger partial charge in [-0.15, -0.1) is 0 Å². The summed E-state index contributed by atoms with van der Waals surface area (Å²) in [6, 6.07) is 0. The predicted molar refractivity (Wildman–Crippen MR) is 64.7 cm³/mol. The molecule has 0 amide bonds. The lowest BCUT2D eigenvalue weighted by molar-refractivity contribution is 0.0961. The first kappa shape index (κ1) is 13.0. The SMILES string of the molecule is CCCCCCCC(CN)(CO)C1CC1. The van der Waals surface area contributed by atoms with Crippen LogP contribution in [0.15, 0.2) is 0 Å². The molecule has 0 aliphatic heterocycles. The molecule has 90 valence electrons. The van der Waals surface area contributed by atoms with E-state index in [1.165, 1.54) is 44.9 Å². The molecule has 1 rings (SSSR count). The lowest BCUT2D eigenvalue weighted by atomic mass is 9.78. The predicted octanol–water partition coefficient (Wildman–Crippen LogP) is 2.69. The van der Waals surface area contributed by atoms with Gasteiger partial charge >= 0.3 is 0 Å². The van der Waals surface area contributed by atoms with Crippen molar-refractivity contribution in [3.63, 3.8) is 0 Å². The number of rotatable bonds is 9. The van der Waals surface area contributed by atoms with E-state index in [0.717, 1.165) is 12.3 Å². The first-order chi connectivity index (χ1) is 7.29. The van der Waals surface area contributed by atoms with Crippen LogP contribution in [0.3, 0.4) is 0 Å². The van der Waals surface area contributed by atoms with Crippen LogP contribution in [0.4, 0.5) is 0 Å². The second-order valence-corrected chi connectivity index (χ2v) is 5.16. The Labute approximate surface area is 94.2 Å². The lowest BCUT2D eigenvalue weighted by Gasteiger charge is -2.30. The van der Waals surface area contributed by atoms with Crippen LogP contribution in [0.1, 0.15) is 58.3 Å². The van der Waals surface area contributed by atoms with Crippen LogP contribution in [-0.4, -0.2) is 18.3 Å². The fourth-order valence-corrected chi connectivity index (χ4v) is 2.52. The minimum atomic E-state index is 0.0756. The first-order valence-corrected chi connectivity index (χ1v) is 6.60. The van der Waals surface area contributed by atoms with Crippen molar-refractivity contribution >= 4 is 0 Å². The average Bonchev–Trinajstić information content (AvgIpc) is 3.08. The maximum atomic E-state index is 9.51. The summed E-state index contributed by atoms with van der Waals surface area (Å²) in [5.74, 6) is 0.721. The molecule has 1 atom stereocenters. The summed E-state index contributed by atoms with van der Waals surface area (Å²) in [4.78, 5) is 0. The van der Waals surface area contributed by atoms with Gasteiger partial charge in [-0.1, -0.05) is 39.0 Å². The van der Waals surface area contributed by atoms with E-state index in [-0.39, 0.29) is 5.41 Å². The molecule has 1 aliphatic carbocycles. The zero-order chi connectivity index (χ0) is 11.1. The highest BCUT2D eigenvalue weighted by molar-refractivity contribution is 4.94. The maximum absolute atomic E-state index is 9.51. The maximum Gasteiger partial charge on any atom is 0.0502 e. The van der Waals surface area contributed by atoms with Crippen molar-refractivity contribution in [1.29, 1.82) is 0 Å². The first-order valence-electron chi connectivity index (χ1n) is 6.60. The van der Waals surface area contributed by atoms with Crippen LogP contribution in [0.25, 0.3) is 0 Å². The number of hydrogen-bond donors (Lipinski definition) is 2. The van der Waals surface area contributed by atoms with E-state index in [4.69, 9.17) is 5.73 Å². The summed E-state index contributed by atoms with van der Waals surface area (Å²) < 4.78 is 0. The minimum absolute atomic E-state index is 0.0756. The molecule has 3 N–H and O–H groups in total. The summed E-state index contributed by atoms with van der Waals surface area (Å²) in [6.45, 7) is 3.20. The fourth-order valence-electron chi connectivity index (χ4n) is 2.52. The number of unbranched alkanes of at least 4 members (excludes halogenated alkanes) is 4. The van der Waals surface area contributed by atoms with Crippen LogP contribution in [0, 0.1) is 11.3 Å². The molecule has 1 fully saturated rings. The topological polar surface area (TPSA) is 46.2 Å². The molecular weight excluding hydrogens is 186 g/mol. The minimum Gasteiger partial charge on any atom is -0.396 e. The van der Waals surface area contributed by atoms with Crippen LogP contribution in [-0.2, 0) is 0 Å². The third-order valence-electron chi connectivity index (χ3n) is 3.94. The standard InChI is InChI=1S/C13H27NO/c1-2-3-4-5-6-9-13(10-14,11-15)12-7-8-12/h12,15H,2-11,14H2,1H3. The third kappa shape index (κ3) is 3.76. The Kier molecular flexibility index (Phi) is 5.62. The molecule has 0 radical (unpaired) electrons. The lowest BCUT2D eigenvalue weighted by Crippen LogP contribution is -2.36. The summed E-state index contributed by atoms with van der Waals surface area (Å²) in [7, 11) is 0. The summed E-state index contributed by atoms with van der Waals surface area (Å²) >= 11 is 0. The van der Waals surface area contributed by atoms with Gasteiger partial charge in [0.15, 0.2) is 0 Å². The molecule has 0 saturated heterocycles. The Morgan fingerprint density at radius 3 is 2.33 bits per heavy atom. The molecule has 1 aliphatic rings. The van der Waals surface area contributed by atoms with Gasteiger partial charge in [-0.3, -0.25) is 0 Å². The van der Waals surface area contributed by atoms with Crippen LogP contribution < -0.4 is 5.73 Å². The Morgan fingerprint density at radius 2 is 1.87 bits per heavy atom. The molecule has 0 spiro atoms. The van der Waals surface area contributed by atoms with Gasteiger partial charge in [0.2, 0.25) is 0 Å². The fraction of sp³-hybridized carbons (Fsp3) is 1.00. The van der Waals surface area contributed by atoms with Gasteiger partial charge in [-0.25, -0.2) is 0 Å². The molecule has 0 bridgehead atoms. The molecule has 0 aromatic heterocycles. The highest BCUT2D eigenvalue weighted by Crippen LogP contribution is 2.47. The van der Waals surface area contributed by atoms with Crippen molar-refractivity contribution in [2.45, 2.75) is 58.3 Å². The van der Waals surface area contributed by atoms with Crippen molar-refractivity contribution in [1.82, 2.24) is 0 Å². The highest BCUT2D eigenvalue weighted by Gasteiger charge is 2.43. The monoisotopic (exact) mass is 213 g/mol. The van der Waals surface area contributed by atoms with Crippen LogP contribution in [0.5, 0.6) is 0 Å². The molecule has 0 aromatic rings. The summed E-state index contributed by atoms with van der Waals surface area (Å²) in [6.07, 6.45) is 10.2. The molecule has 2 heteroatoms. The number of nitrogens with two attached hydrogens (primary N) is 1. The number of aliphatic hydroxyl groups excluding tert-OH is 1. The quantitative estimate of drug-likeness (QED) is 0.578. The van der Waals surface area contributed by atoms with Gasteiger partial charge in [0.1, 0.15) is 0 Å². The Morgan fingerprint density at radius 1 is 1.20 bits per heavy atom. The smallest absolute Gasteiger partial charge is 0.0502 e. The number of hydrogen-bond acceptors (Lipinski definition) is 2. The van der Waals surface area contributed by atoms with Gasteiger partial charge in [-0.2, -0.15) is 0 Å². The van der Waals surface area contributed by atoms with E-state index >= 15 is 0 Å². The zero-order valence-electron chi connectivity index (χ0n) is 10.2. The molecular formula is C13H27NO. The molecule has 0 heterocycles. The third-order valence-corrected chi connectivity index (χ3v) is 3.94. The van der Waals surface area contributed by atoms with E-state index in [0.29, 0.717) is 13.2 Å². The molecule has 1 saturated carbocycles. The van der Waals surface area contributed by atoms with Gasteiger partial charge in [0, 0.05) is 12.0 Å². The van der Waals surface area contributed by atoms with Crippen molar-refractivity contribution in [2.24, 2.45) is 17.1 Å². The van der Waals surface area contributed by atoms with Crippen molar-refractivity contribution < 1.29 is 5.11 Å². The second kappa shape index (κ2) is 6.49. The normalized spacial score (nSPS) is 20.2. The van der Waals surface area contributed by atoms with Gasteiger partial charge in [0.05, 0.1) is 6.61 Å². The Bertz CT molecular complexity index is 162. The molecule has 15 heavy (non-hydrogen) atoms. The molecule has 1 unspecified atom stereocenters. The summed E-state index contributed by atoms with van der Waals surface area (Å²) in [5, 5.41) is 9.51. The second-order valence-electron chi connectivity index (χ2n) is 5.16. The largest absolute Gasteiger partial charge is 0.396 e. The van der Waals surface area contributed by atoms with E-state index in [1.807, 2.05) is 0 Å². The molecule has 2 nitrogen and oxygen atoms in total. The van der Waals surface area contributed by atoms with E-state index in [9.17, 15) is 5.11 Å². The van der Waals surface area contributed by atoms with Crippen LogP contribution >= 0.6 is 0 Å². The summed E-state index contributed by atoms with van der Waals surface area (Å²) in [5.41, 5.74) is 5.92. The average molecular weight is 213 g/mol. The Hall–Kier alpha value is -0.0800. The van der Waals surface area contributed by atoms with Gasteiger partial charge < -0.3 is 10.8 Å². The molecule has 0 aromatic carbocycles. The van der Waals surface area contributed by atoms with Crippen molar-refractivity contribution in [2.75, 3.05) is 13.2 Å². The zero-order valence-corrected chi connectivity index (χ0v) is 10.2. The van der Waals surface area contributed by atoms with E-state index in [2.05, 4.69) is 6.92 Å². The number of aliphatic hydroxyl groups is 1. The van der Waals surface area contributed by atoms with Gasteiger partial charge in [0.25, 0.3) is 0 Å². The van der Waals surface area contributed by atoms with E-state index in [1.54, 1.807) is 0 Å².